The van der Waals surface area contributed by atoms with Crippen molar-refractivity contribution < 1.29 is 28.2 Å². The van der Waals surface area contributed by atoms with Crippen molar-refractivity contribution in [3.05, 3.63) is 65.5 Å². The number of benzene rings is 2. The van der Waals surface area contributed by atoms with E-state index in [-0.39, 0.29) is 17.8 Å². The van der Waals surface area contributed by atoms with Crippen LogP contribution < -0.4 is 10.6 Å². The number of hydrogen-bond acceptors (Lipinski definition) is 5. The fraction of sp³-hybridized carbons (Fsp3) is 0.318. The molecular weight excluding hydrogens is 391 g/mol. The van der Waals surface area contributed by atoms with Crippen LogP contribution in [0.4, 0.5) is 14.9 Å². The van der Waals surface area contributed by atoms with Crippen LogP contribution in [0.25, 0.3) is 0 Å². The van der Waals surface area contributed by atoms with E-state index in [4.69, 9.17) is 4.74 Å². The van der Waals surface area contributed by atoms with Crippen LogP contribution in [-0.2, 0) is 14.3 Å². The van der Waals surface area contributed by atoms with Gasteiger partial charge in [-0.05, 0) is 44.5 Å². The van der Waals surface area contributed by atoms with Crippen LogP contribution in [-0.4, -0.2) is 37.2 Å². The summed E-state index contributed by atoms with van der Waals surface area (Å²) in [5.74, 6) is -2.80. The van der Waals surface area contributed by atoms with Crippen molar-refractivity contribution in [1.82, 2.24) is 5.32 Å². The molecule has 0 unspecified atom stereocenters. The molecule has 0 radical (unpaired) electrons. The molecule has 0 fully saturated rings. The predicted molar refractivity (Wildman–Crippen MR) is 110 cm³/mol. The third-order valence-electron chi connectivity index (χ3n) is 4.01. The fourth-order valence-corrected chi connectivity index (χ4v) is 2.65. The van der Waals surface area contributed by atoms with E-state index in [0.717, 1.165) is 13.2 Å². The lowest BCUT2D eigenvalue weighted by molar-refractivity contribution is -0.117. The van der Waals surface area contributed by atoms with Crippen molar-refractivity contribution in [3.63, 3.8) is 0 Å². The van der Waals surface area contributed by atoms with Crippen LogP contribution in [0.15, 0.2) is 48.5 Å². The van der Waals surface area contributed by atoms with Crippen LogP contribution >= 0.6 is 0 Å². The highest BCUT2D eigenvalue weighted by molar-refractivity contribution is 5.98. The van der Waals surface area contributed by atoms with Crippen LogP contribution in [0.3, 0.4) is 0 Å². The van der Waals surface area contributed by atoms with Gasteiger partial charge in [-0.1, -0.05) is 30.3 Å². The Kier molecular flexibility index (Phi) is 7.52. The highest BCUT2D eigenvalue weighted by Crippen LogP contribution is 2.20. The number of hydrogen-bond donors (Lipinski definition) is 2. The Labute approximate surface area is 174 Å². The summed E-state index contributed by atoms with van der Waals surface area (Å²) in [4.78, 5) is 36.6. The van der Waals surface area contributed by atoms with Crippen molar-refractivity contribution in [2.24, 2.45) is 0 Å². The molecule has 8 heteroatoms. The Balaban J connectivity index is 2.19. The second-order valence-electron chi connectivity index (χ2n) is 7.52. The minimum absolute atomic E-state index is 0.0180. The molecule has 2 aromatic rings. The van der Waals surface area contributed by atoms with E-state index in [1.165, 1.54) is 12.1 Å². The molecule has 0 aliphatic heterocycles. The summed E-state index contributed by atoms with van der Waals surface area (Å²) in [7, 11) is 1.14. The number of rotatable bonds is 6. The number of anilines is 1. The van der Waals surface area contributed by atoms with E-state index in [0.29, 0.717) is 5.56 Å². The van der Waals surface area contributed by atoms with Crippen LogP contribution in [0.1, 0.15) is 42.6 Å². The zero-order valence-corrected chi connectivity index (χ0v) is 17.3. The first-order valence-electron chi connectivity index (χ1n) is 9.31. The Morgan fingerprint density at radius 1 is 1.07 bits per heavy atom. The topological polar surface area (TPSA) is 93.7 Å². The first kappa shape index (κ1) is 22.9. The van der Waals surface area contributed by atoms with Crippen molar-refractivity contribution in [1.29, 1.82) is 0 Å². The third kappa shape index (κ3) is 6.58. The van der Waals surface area contributed by atoms with E-state index in [1.807, 2.05) is 6.07 Å². The molecule has 0 heterocycles. The Morgan fingerprint density at radius 2 is 1.73 bits per heavy atom. The van der Waals surface area contributed by atoms with Crippen molar-refractivity contribution in [3.8, 4) is 0 Å². The van der Waals surface area contributed by atoms with E-state index >= 15 is 0 Å². The lowest BCUT2D eigenvalue weighted by Gasteiger charge is -2.22. The quantitative estimate of drug-likeness (QED) is 0.698. The van der Waals surface area contributed by atoms with Gasteiger partial charge in [-0.2, -0.15) is 0 Å². The minimum atomic E-state index is -0.852. The Hall–Kier alpha value is -3.42. The number of amides is 2. The predicted octanol–water partition coefficient (Wildman–Crippen LogP) is 3.86. The van der Waals surface area contributed by atoms with Gasteiger partial charge in [0, 0.05) is 12.2 Å². The lowest BCUT2D eigenvalue weighted by atomic mass is 9.98. The number of methoxy groups -OCH3 is 1. The molecule has 2 N–H and O–H groups in total. The van der Waals surface area contributed by atoms with Gasteiger partial charge in [-0.15, -0.1) is 0 Å². The number of nitrogens with one attached hydrogen (secondary N) is 2. The van der Waals surface area contributed by atoms with Crippen LogP contribution in [0.2, 0.25) is 0 Å². The van der Waals surface area contributed by atoms with E-state index < -0.39 is 35.3 Å². The zero-order chi connectivity index (χ0) is 22.3. The maximum atomic E-state index is 13.8. The first-order chi connectivity index (χ1) is 14.1. The number of alkyl carbamates (subject to hydrolysis) is 1. The molecule has 7 nitrogen and oxygen atoms in total. The molecule has 30 heavy (non-hydrogen) atoms. The number of halogens is 1. The summed E-state index contributed by atoms with van der Waals surface area (Å²) in [5.41, 5.74) is -0.0766. The minimum Gasteiger partial charge on any atom is -0.465 e. The first-order valence-corrected chi connectivity index (χ1v) is 9.31. The standard InChI is InChI=1S/C22H25FN2O5/c1-22(2,3)30-21(28)24-13-17(14-8-6-5-7-9-14)19(26)25-15-10-11-18(23)16(12-15)20(27)29-4/h5-12,17H,13H2,1-4H3,(H,24,28)(H,25,26)/t17-/m1/s1. The second kappa shape index (κ2) is 9.87. The molecule has 0 aliphatic rings. The van der Waals surface area contributed by atoms with E-state index in [9.17, 15) is 18.8 Å². The van der Waals surface area contributed by atoms with Gasteiger partial charge in [0.1, 0.15) is 11.4 Å². The molecular formula is C22H25FN2O5. The smallest absolute Gasteiger partial charge is 0.407 e. The Bertz CT molecular complexity index is 909. The Morgan fingerprint density at radius 3 is 2.33 bits per heavy atom. The van der Waals surface area contributed by atoms with Crippen LogP contribution in [0.5, 0.6) is 0 Å². The van der Waals surface area contributed by atoms with Gasteiger partial charge in [-0.25, -0.2) is 14.0 Å². The fourth-order valence-electron chi connectivity index (χ4n) is 2.65. The highest BCUT2D eigenvalue weighted by Gasteiger charge is 2.24. The monoisotopic (exact) mass is 416 g/mol. The number of carbonyl (C=O) groups is 3. The maximum absolute atomic E-state index is 13.8. The molecule has 0 aliphatic carbocycles. The van der Waals surface area contributed by atoms with Crippen molar-refractivity contribution in [2.75, 3.05) is 19.0 Å². The normalized spacial score (nSPS) is 11.9. The average Bonchev–Trinajstić information content (AvgIpc) is 2.68. The molecule has 2 aromatic carbocycles. The maximum Gasteiger partial charge on any atom is 0.407 e. The summed E-state index contributed by atoms with van der Waals surface area (Å²) < 4.78 is 23.6. The van der Waals surface area contributed by atoms with Gasteiger partial charge in [0.05, 0.1) is 18.6 Å². The van der Waals surface area contributed by atoms with E-state index in [1.54, 1.807) is 45.0 Å². The summed E-state index contributed by atoms with van der Waals surface area (Å²) in [5, 5.41) is 5.25. The van der Waals surface area contributed by atoms with Gasteiger partial charge in [0.25, 0.3) is 0 Å². The molecule has 0 saturated carbocycles. The number of carbonyl (C=O) groups excluding carboxylic acids is 3. The lowest BCUT2D eigenvalue weighted by Crippen LogP contribution is -2.37. The second-order valence-corrected chi connectivity index (χ2v) is 7.52. The summed E-state index contributed by atoms with van der Waals surface area (Å²) in [6.45, 7) is 5.19. The summed E-state index contributed by atoms with van der Waals surface area (Å²) >= 11 is 0. The highest BCUT2D eigenvalue weighted by atomic mass is 19.1. The van der Waals surface area contributed by atoms with Gasteiger partial charge in [0.15, 0.2) is 0 Å². The summed E-state index contributed by atoms with van der Waals surface area (Å²) in [6.07, 6.45) is -0.647. The zero-order valence-electron chi connectivity index (χ0n) is 17.3. The van der Waals surface area contributed by atoms with Gasteiger partial charge in [0.2, 0.25) is 5.91 Å². The molecule has 160 valence electrons. The molecule has 2 rings (SSSR count). The van der Waals surface area contributed by atoms with Crippen molar-refractivity contribution >= 4 is 23.7 Å². The number of esters is 1. The molecule has 0 aromatic heterocycles. The molecule has 0 saturated heterocycles. The molecule has 0 spiro atoms. The number of ether oxygens (including phenoxy) is 2. The van der Waals surface area contributed by atoms with Gasteiger partial charge in [-0.3, -0.25) is 4.79 Å². The largest absolute Gasteiger partial charge is 0.465 e. The molecule has 2 amide bonds. The van der Waals surface area contributed by atoms with E-state index in [2.05, 4.69) is 15.4 Å². The van der Waals surface area contributed by atoms with Crippen LogP contribution in [0, 0.1) is 5.82 Å². The van der Waals surface area contributed by atoms with Crippen molar-refractivity contribution in [2.45, 2.75) is 32.3 Å². The molecule has 1 atom stereocenters. The third-order valence-corrected chi connectivity index (χ3v) is 4.01. The van der Waals surface area contributed by atoms with Gasteiger partial charge < -0.3 is 20.1 Å². The van der Waals surface area contributed by atoms with Gasteiger partial charge >= 0.3 is 12.1 Å². The molecule has 0 bridgehead atoms. The average molecular weight is 416 g/mol. The summed E-state index contributed by atoms with van der Waals surface area (Å²) in [6, 6.07) is 12.5. The SMILES string of the molecule is COC(=O)c1cc(NC(=O)[C@H](CNC(=O)OC(C)(C)C)c2ccccc2)ccc1F.